The van der Waals surface area contributed by atoms with Crippen molar-refractivity contribution in [3.8, 4) is 11.5 Å². The number of carbonyl (C=O) groups excluding carboxylic acids is 1. The first kappa shape index (κ1) is 20.4. The molecular formula is C22H28N2O3S. The van der Waals surface area contributed by atoms with E-state index in [1.54, 1.807) is 4.90 Å². The van der Waals surface area contributed by atoms with Crippen LogP contribution >= 0.6 is 11.8 Å². The van der Waals surface area contributed by atoms with Gasteiger partial charge in [-0.1, -0.05) is 19.9 Å². The summed E-state index contributed by atoms with van der Waals surface area (Å²) in [5, 5.41) is 3.63. The van der Waals surface area contributed by atoms with Crippen LogP contribution in [0.1, 0.15) is 38.3 Å². The lowest BCUT2D eigenvalue weighted by Crippen LogP contribution is -2.34. The van der Waals surface area contributed by atoms with Crippen molar-refractivity contribution in [3.63, 3.8) is 0 Å². The van der Waals surface area contributed by atoms with Crippen molar-refractivity contribution in [2.75, 3.05) is 18.7 Å². The van der Waals surface area contributed by atoms with Crippen LogP contribution in [0.15, 0.2) is 41.3 Å². The molecule has 0 radical (unpaired) electrons. The number of urea groups is 1. The van der Waals surface area contributed by atoms with Crippen LogP contribution in [0.4, 0.5) is 10.5 Å². The second-order valence-corrected chi connectivity index (χ2v) is 8.46. The molecular weight excluding hydrogens is 372 g/mol. The zero-order valence-electron chi connectivity index (χ0n) is 17.0. The Morgan fingerprint density at radius 3 is 2.68 bits per heavy atom. The first-order valence-electron chi connectivity index (χ1n) is 9.72. The molecule has 0 spiro atoms. The van der Waals surface area contributed by atoms with Crippen LogP contribution in [-0.4, -0.2) is 29.5 Å². The number of rotatable bonds is 7. The van der Waals surface area contributed by atoms with E-state index >= 15 is 0 Å². The molecule has 1 heterocycles. The Morgan fingerprint density at radius 2 is 1.96 bits per heavy atom. The molecule has 28 heavy (non-hydrogen) atoms. The second-order valence-electron chi connectivity index (χ2n) is 6.95. The number of carbonyl (C=O) groups is 1. The molecule has 0 aliphatic carbocycles. The van der Waals surface area contributed by atoms with Crippen molar-refractivity contribution in [2.45, 2.75) is 50.8 Å². The number of anilines is 1. The fourth-order valence-electron chi connectivity index (χ4n) is 2.95. The molecule has 1 unspecified atom stereocenters. The highest BCUT2D eigenvalue weighted by atomic mass is 32.2. The van der Waals surface area contributed by atoms with E-state index in [1.165, 1.54) is 4.90 Å². The van der Waals surface area contributed by atoms with E-state index in [1.807, 2.05) is 49.9 Å². The number of thioether (sulfide) groups is 1. The van der Waals surface area contributed by atoms with Crippen LogP contribution in [0, 0.1) is 6.92 Å². The minimum absolute atomic E-state index is 0.106. The first-order chi connectivity index (χ1) is 13.5. The van der Waals surface area contributed by atoms with Crippen molar-refractivity contribution in [3.05, 3.63) is 47.5 Å². The number of aryl methyl sites for hydroxylation is 1. The van der Waals surface area contributed by atoms with E-state index in [0.29, 0.717) is 18.3 Å². The summed E-state index contributed by atoms with van der Waals surface area (Å²) in [6.45, 7) is 9.81. The molecule has 6 heteroatoms. The van der Waals surface area contributed by atoms with Gasteiger partial charge in [-0.25, -0.2) is 4.79 Å². The van der Waals surface area contributed by atoms with Crippen LogP contribution in [-0.2, 0) is 6.54 Å². The number of benzene rings is 2. The maximum atomic E-state index is 12.8. The van der Waals surface area contributed by atoms with Crippen molar-refractivity contribution in [1.82, 2.24) is 4.90 Å². The number of nitrogens with zero attached hydrogens (tertiary/aromatic N) is 1. The van der Waals surface area contributed by atoms with Crippen LogP contribution in [0.25, 0.3) is 0 Å². The summed E-state index contributed by atoms with van der Waals surface area (Å²) in [6, 6.07) is 11.9. The van der Waals surface area contributed by atoms with Gasteiger partial charge in [0.25, 0.3) is 0 Å². The van der Waals surface area contributed by atoms with Gasteiger partial charge in [0.2, 0.25) is 6.79 Å². The van der Waals surface area contributed by atoms with Crippen molar-refractivity contribution >= 4 is 23.5 Å². The fraction of sp³-hybridized carbons (Fsp3) is 0.409. The third kappa shape index (κ3) is 4.93. The molecule has 1 aliphatic rings. The quantitative estimate of drug-likeness (QED) is 0.609. The number of nitrogens with one attached hydrogen (secondary N) is 1. The smallest absolute Gasteiger partial charge is 0.322 e. The third-order valence-electron chi connectivity index (χ3n) is 4.83. The van der Waals surface area contributed by atoms with Gasteiger partial charge >= 0.3 is 6.03 Å². The average molecular weight is 401 g/mol. The molecule has 3 rings (SSSR count). The number of hydrogen-bond donors (Lipinski definition) is 1. The summed E-state index contributed by atoms with van der Waals surface area (Å²) in [4.78, 5) is 15.8. The molecule has 0 saturated carbocycles. The average Bonchev–Trinajstić information content (AvgIpc) is 3.15. The normalized spacial score (nSPS) is 13.3. The van der Waals surface area contributed by atoms with Gasteiger partial charge in [0.05, 0.1) is 0 Å². The van der Waals surface area contributed by atoms with E-state index in [9.17, 15) is 4.79 Å². The minimum Gasteiger partial charge on any atom is -0.454 e. The molecule has 0 bridgehead atoms. The van der Waals surface area contributed by atoms with E-state index in [0.717, 1.165) is 34.7 Å². The number of fused-ring (bicyclic) bond motifs is 1. The maximum Gasteiger partial charge on any atom is 0.322 e. The highest BCUT2D eigenvalue weighted by Crippen LogP contribution is 2.33. The lowest BCUT2D eigenvalue weighted by atomic mass is 10.2. The molecule has 0 fully saturated rings. The number of hydrogen-bond acceptors (Lipinski definition) is 4. The Kier molecular flexibility index (Phi) is 6.73. The molecule has 1 atom stereocenters. The molecule has 0 saturated heterocycles. The topological polar surface area (TPSA) is 50.8 Å². The van der Waals surface area contributed by atoms with Crippen LogP contribution in [0.5, 0.6) is 11.5 Å². The largest absolute Gasteiger partial charge is 0.454 e. The summed E-state index contributed by atoms with van der Waals surface area (Å²) in [6.07, 6.45) is 1.13. The first-order valence-corrected chi connectivity index (χ1v) is 10.6. The van der Waals surface area contributed by atoms with Gasteiger partial charge in [0, 0.05) is 28.9 Å². The molecule has 2 amide bonds. The van der Waals surface area contributed by atoms with Crippen LogP contribution in [0.2, 0.25) is 0 Å². The van der Waals surface area contributed by atoms with Crippen LogP contribution < -0.4 is 14.8 Å². The molecule has 5 nitrogen and oxygen atoms in total. The van der Waals surface area contributed by atoms with Crippen LogP contribution in [0.3, 0.4) is 0 Å². The summed E-state index contributed by atoms with van der Waals surface area (Å²) in [5.41, 5.74) is 2.93. The van der Waals surface area contributed by atoms with Gasteiger partial charge in [0.1, 0.15) is 0 Å². The van der Waals surface area contributed by atoms with Gasteiger partial charge in [-0.05, 0) is 61.7 Å². The predicted molar refractivity (Wildman–Crippen MR) is 114 cm³/mol. The summed E-state index contributed by atoms with van der Waals surface area (Å²) < 4.78 is 10.8. The number of amides is 2. The van der Waals surface area contributed by atoms with Gasteiger partial charge < -0.3 is 19.7 Å². The van der Waals surface area contributed by atoms with Gasteiger partial charge in [-0.15, -0.1) is 11.8 Å². The van der Waals surface area contributed by atoms with Gasteiger partial charge in [-0.2, -0.15) is 0 Å². The Hall–Kier alpha value is -2.34. The molecule has 2 aromatic rings. The van der Waals surface area contributed by atoms with E-state index < -0.39 is 0 Å². The number of ether oxygens (including phenoxy) is 2. The fourth-order valence-corrected chi connectivity index (χ4v) is 3.97. The van der Waals surface area contributed by atoms with E-state index in [-0.39, 0.29) is 12.8 Å². The highest BCUT2D eigenvalue weighted by molar-refractivity contribution is 7.99. The minimum atomic E-state index is -0.106. The predicted octanol–water partition coefficient (Wildman–Crippen LogP) is 5.67. The van der Waals surface area contributed by atoms with Crippen molar-refractivity contribution in [1.29, 1.82) is 0 Å². The van der Waals surface area contributed by atoms with Gasteiger partial charge in [-0.3, -0.25) is 0 Å². The zero-order valence-corrected chi connectivity index (χ0v) is 17.8. The lowest BCUT2D eigenvalue weighted by Gasteiger charge is -2.22. The summed E-state index contributed by atoms with van der Waals surface area (Å²) in [7, 11) is 0. The maximum absolute atomic E-state index is 12.8. The molecule has 0 aromatic heterocycles. The Labute approximate surface area is 171 Å². The van der Waals surface area contributed by atoms with E-state index in [2.05, 4.69) is 31.3 Å². The summed E-state index contributed by atoms with van der Waals surface area (Å²) in [5.74, 6) is 1.49. The Morgan fingerprint density at radius 1 is 1.18 bits per heavy atom. The third-order valence-corrected chi connectivity index (χ3v) is 6.09. The molecule has 1 N–H and O–H groups in total. The standard InChI is InChI=1S/C22H28N2O3S/c1-5-16(4)28-18-8-9-19(15(3)11-18)23-22(25)24(6-2)13-17-7-10-20-21(12-17)27-14-26-20/h7-12,16H,5-6,13-14H2,1-4H3,(H,23,25). The van der Waals surface area contributed by atoms with Gasteiger partial charge in [0.15, 0.2) is 11.5 Å². The highest BCUT2D eigenvalue weighted by Gasteiger charge is 2.17. The zero-order chi connectivity index (χ0) is 20.1. The monoisotopic (exact) mass is 400 g/mol. The molecule has 150 valence electrons. The SMILES string of the molecule is CCC(C)Sc1ccc(NC(=O)N(CC)Cc2ccc3c(c2)OCO3)c(C)c1. The van der Waals surface area contributed by atoms with E-state index in [4.69, 9.17) is 9.47 Å². The summed E-state index contributed by atoms with van der Waals surface area (Å²) >= 11 is 1.86. The molecule has 1 aliphatic heterocycles. The van der Waals surface area contributed by atoms with Crippen molar-refractivity contribution in [2.24, 2.45) is 0 Å². The Bertz CT molecular complexity index is 841. The van der Waals surface area contributed by atoms with Crippen molar-refractivity contribution < 1.29 is 14.3 Å². The Balaban J connectivity index is 1.65. The second kappa shape index (κ2) is 9.24. The lowest BCUT2D eigenvalue weighted by molar-refractivity contribution is 0.174. The molecule has 2 aromatic carbocycles.